The van der Waals surface area contributed by atoms with E-state index in [1.807, 2.05) is 36.4 Å². The molecule has 0 atom stereocenters. The van der Waals surface area contributed by atoms with Crippen molar-refractivity contribution < 1.29 is 0 Å². The third-order valence-electron chi connectivity index (χ3n) is 3.07. The van der Waals surface area contributed by atoms with Crippen molar-refractivity contribution in [3.63, 3.8) is 0 Å². The zero-order chi connectivity index (χ0) is 14.7. The fourth-order valence-electron chi connectivity index (χ4n) is 1.96. The summed E-state index contributed by atoms with van der Waals surface area (Å²) in [5.41, 5.74) is 3.33. The predicted octanol–water partition coefficient (Wildman–Crippen LogP) is 3.22. The minimum atomic E-state index is 0.212. The van der Waals surface area contributed by atoms with Crippen molar-refractivity contribution >= 4 is 14.5 Å². The number of aromatic nitrogens is 1. The normalized spacial score (nSPS) is 9.81. The maximum atomic E-state index is 8.83. The Morgan fingerprint density at radius 2 is 1.43 bits per heavy atom. The molecule has 2 aromatic heterocycles. The number of rotatable bonds is 2. The molecular weight excluding hydrogens is 325 g/mol. The van der Waals surface area contributed by atoms with Crippen molar-refractivity contribution in [2.45, 2.75) is 0 Å². The van der Waals surface area contributed by atoms with Crippen molar-refractivity contribution in [1.82, 2.24) is 4.98 Å². The van der Waals surface area contributed by atoms with E-state index in [9.17, 15) is 0 Å². The minimum absolute atomic E-state index is 0.212. The third-order valence-corrected chi connectivity index (χ3v) is 5.55. The van der Waals surface area contributed by atoms with E-state index < -0.39 is 0 Å². The molecule has 0 bridgehead atoms. The van der Waals surface area contributed by atoms with Crippen molar-refractivity contribution in [3.05, 3.63) is 66.0 Å². The predicted molar refractivity (Wildman–Crippen MR) is 81.5 cm³/mol. The monoisotopic (exact) mass is 335 g/mol. The second kappa shape index (κ2) is 5.77. The van der Waals surface area contributed by atoms with Gasteiger partial charge in [0.05, 0.1) is 0 Å². The van der Waals surface area contributed by atoms with Crippen molar-refractivity contribution in [2.75, 3.05) is 0 Å². The first-order valence-corrected chi connectivity index (χ1v) is 7.98. The molecule has 3 rings (SSSR count). The van der Waals surface area contributed by atoms with E-state index in [0.717, 1.165) is 11.1 Å². The first-order chi connectivity index (χ1) is 10.3. The number of benzene rings is 1. The van der Waals surface area contributed by atoms with Crippen LogP contribution in [0.15, 0.2) is 54.7 Å². The van der Waals surface area contributed by atoms with Gasteiger partial charge in [-0.1, -0.05) is 0 Å². The Labute approximate surface area is 128 Å². The molecule has 0 spiro atoms. The van der Waals surface area contributed by atoms with Crippen LogP contribution >= 0.6 is 0 Å². The standard InChI is InChI=1S/C17H9N3Se/c18-9-12-1-3-13(4-2-12)16-7-8-17(21-16)14-5-6-15(10-19)20-11-14/h1-8,11H. The molecule has 0 aliphatic carbocycles. The number of nitrogens with zero attached hydrogens (tertiary/aromatic N) is 3. The van der Waals surface area contributed by atoms with Crippen LogP contribution in [0, 0.1) is 22.7 Å². The first kappa shape index (κ1) is 13.3. The first-order valence-electron chi connectivity index (χ1n) is 6.27. The summed E-state index contributed by atoms with van der Waals surface area (Å²) in [6, 6.07) is 19.7. The van der Waals surface area contributed by atoms with Gasteiger partial charge in [0.2, 0.25) is 0 Å². The molecule has 4 heteroatoms. The van der Waals surface area contributed by atoms with Crippen LogP contribution < -0.4 is 0 Å². The summed E-state index contributed by atoms with van der Waals surface area (Å²) >= 11 is 0.212. The fourth-order valence-corrected chi connectivity index (χ4v) is 4.06. The number of pyridine rings is 1. The molecule has 0 saturated carbocycles. The Bertz CT molecular complexity index is 775. The van der Waals surface area contributed by atoms with Gasteiger partial charge in [-0.15, -0.1) is 0 Å². The molecule has 0 aliphatic rings. The van der Waals surface area contributed by atoms with Crippen LogP contribution in [0.3, 0.4) is 0 Å². The summed E-state index contributed by atoms with van der Waals surface area (Å²) in [6.45, 7) is 0. The Balaban J connectivity index is 1.92. The summed E-state index contributed by atoms with van der Waals surface area (Å²) in [4.78, 5) is 4.11. The van der Waals surface area contributed by atoms with E-state index in [1.165, 1.54) is 8.87 Å². The molecule has 21 heavy (non-hydrogen) atoms. The summed E-state index contributed by atoms with van der Waals surface area (Å²) < 4.78 is 2.53. The molecule has 0 saturated heterocycles. The van der Waals surface area contributed by atoms with Crippen LogP contribution in [0.25, 0.3) is 20.0 Å². The summed E-state index contributed by atoms with van der Waals surface area (Å²) in [5.74, 6) is 0. The van der Waals surface area contributed by atoms with Gasteiger partial charge in [-0.2, -0.15) is 0 Å². The van der Waals surface area contributed by atoms with Crippen molar-refractivity contribution in [1.29, 1.82) is 10.5 Å². The van der Waals surface area contributed by atoms with Crippen LogP contribution in [-0.2, 0) is 0 Å². The molecule has 3 nitrogen and oxygen atoms in total. The zero-order valence-corrected chi connectivity index (χ0v) is 12.7. The van der Waals surface area contributed by atoms with Crippen LogP contribution in [0.5, 0.6) is 0 Å². The maximum absolute atomic E-state index is 8.83. The van der Waals surface area contributed by atoms with Crippen LogP contribution in [0.4, 0.5) is 0 Å². The molecule has 1 aromatic carbocycles. The van der Waals surface area contributed by atoms with E-state index in [-0.39, 0.29) is 14.5 Å². The van der Waals surface area contributed by atoms with Gasteiger partial charge in [0.25, 0.3) is 0 Å². The molecule has 0 unspecified atom stereocenters. The topological polar surface area (TPSA) is 60.5 Å². The van der Waals surface area contributed by atoms with Gasteiger partial charge >= 0.3 is 128 Å². The number of hydrogen-bond acceptors (Lipinski definition) is 3. The average Bonchev–Trinajstić information content (AvgIpc) is 3.05. The molecule has 2 heterocycles. The van der Waals surface area contributed by atoms with Gasteiger partial charge < -0.3 is 0 Å². The number of nitriles is 2. The SMILES string of the molecule is N#Cc1ccc(-c2ccc(-c3ccc(C#N)nc3)[se]2)cc1. The van der Waals surface area contributed by atoms with Crippen LogP contribution in [0.1, 0.15) is 11.3 Å². The quantitative estimate of drug-likeness (QED) is 0.676. The van der Waals surface area contributed by atoms with Gasteiger partial charge in [-0.25, -0.2) is 0 Å². The summed E-state index contributed by atoms with van der Waals surface area (Å²) in [5, 5.41) is 17.6. The number of hydrogen-bond donors (Lipinski definition) is 0. The van der Waals surface area contributed by atoms with Gasteiger partial charge in [0.15, 0.2) is 0 Å². The van der Waals surface area contributed by atoms with E-state index in [4.69, 9.17) is 10.5 Å². The summed E-state index contributed by atoms with van der Waals surface area (Å²) in [6.07, 6.45) is 1.75. The van der Waals surface area contributed by atoms with Gasteiger partial charge in [0, 0.05) is 0 Å². The van der Waals surface area contributed by atoms with E-state index in [2.05, 4.69) is 23.2 Å². The molecule has 0 fully saturated rings. The molecule has 3 aromatic rings. The molecule has 0 aliphatic heterocycles. The Hall–Kier alpha value is -2.65. The third kappa shape index (κ3) is 2.78. The second-order valence-corrected chi connectivity index (χ2v) is 6.67. The Morgan fingerprint density at radius 1 is 0.762 bits per heavy atom. The van der Waals surface area contributed by atoms with E-state index in [0.29, 0.717) is 11.3 Å². The zero-order valence-electron chi connectivity index (χ0n) is 10.9. The molecule has 0 N–H and O–H groups in total. The Morgan fingerprint density at radius 3 is 2.00 bits per heavy atom. The van der Waals surface area contributed by atoms with Gasteiger partial charge in [-0.3, -0.25) is 0 Å². The van der Waals surface area contributed by atoms with Crippen molar-refractivity contribution in [3.8, 4) is 32.1 Å². The van der Waals surface area contributed by atoms with Crippen LogP contribution in [0.2, 0.25) is 0 Å². The van der Waals surface area contributed by atoms with Crippen LogP contribution in [-0.4, -0.2) is 19.5 Å². The van der Waals surface area contributed by atoms with Gasteiger partial charge in [0.1, 0.15) is 0 Å². The average molecular weight is 334 g/mol. The fraction of sp³-hybridized carbons (Fsp3) is 0. The van der Waals surface area contributed by atoms with Crippen molar-refractivity contribution in [2.24, 2.45) is 0 Å². The van der Waals surface area contributed by atoms with E-state index in [1.54, 1.807) is 12.3 Å². The summed E-state index contributed by atoms with van der Waals surface area (Å²) in [7, 11) is 0. The molecule has 0 amide bonds. The molecular formula is C17H9N3Se. The molecule has 0 radical (unpaired) electrons. The molecule has 98 valence electrons. The van der Waals surface area contributed by atoms with E-state index >= 15 is 0 Å². The Kier molecular flexibility index (Phi) is 3.67. The second-order valence-electron chi connectivity index (χ2n) is 4.40. The van der Waals surface area contributed by atoms with Gasteiger partial charge in [-0.05, 0) is 0 Å².